The van der Waals surface area contributed by atoms with Gasteiger partial charge in [0.1, 0.15) is 17.8 Å². The Morgan fingerprint density at radius 3 is 2.24 bits per heavy atom. The van der Waals surface area contributed by atoms with E-state index in [4.69, 9.17) is 5.73 Å². The van der Waals surface area contributed by atoms with Gasteiger partial charge in [-0.2, -0.15) is 0 Å². The predicted molar refractivity (Wildman–Crippen MR) is 187 cm³/mol. The second kappa shape index (κ2) is 14.9. The monoisotopic (exact) mass is 717 g/mol. The molecule has 1 heterocycles. The fraction of sp³-hybridized carbons (Fsp3) is 0.694. The van der Waals surface area contributed by atoms with Crippen molar-refractivity contribution in [2.45, 2.75) is 128 Å². The number of likely N-dealkylation sites (tertiary alicyclic amines) is 1. The Morgan fingerprint density at radius 2 is 1.68 bits per heavy atom. The summed E-state index contributed by atoms with van der Waals surface area (Å²) < 4.78 is 27.0. The highest BCUT2D eigenvalue weighted by molar-refractivity contribution is 7.91. The van der Waals surface area contributed by atoms with Gasteiger partial charge in [0, 0.05) is 6.54 Å². The van der Waals surface area contributed by atoms with E-state index in [0.717, 1.165) is 19.3 Å². The molecule has 2 aliphatic carbocycles. The lowest BCUT2D eigenvalue weighted by Gasteiger charge is -2.49. The van der Waals surface area contributed by atoms with Crippen molar-refractivity contribution < 1.29 is 37.5 Å². The van der Waals surface area contributed by atoms with Gasteiger partial charge >= 0.3 is 6.03 Å². The number of urea groups is 1. The van der Waals surface area contributed by atoms with E-state index in [0.29, 0.717) is 32.1 Å². The molecule has 3 fully saturated rings. The number of piperidine rings is 1. The molecule has 50 heavy (non-hydrogen) atoms. The summed E-state index contributed by atoms with van der Waals surface area (Å²) in [5.74, 6) is -3.42. The number of hydrogen-bond acceptors (Lipinski definition) is 8. The summed E-state index contributed by atoms with van der Waals surface area (Å²) in [5, 5.41) is 18.4. The molecule has 2 saturated carbocycles. The number of primary amides is 1. The van der Waals surface area contributed by atoms with Crippen LogP contribution >= 0.6 is 0 Å². The van der Waals surface area contributed by atoms with Crippen LogP contribution in [-0.2, 0) is 29.0 Å². The Kier molecular flexibility index (Phi) is 11.6. The number of phenols is 1. The molecule has 0 bridgehead atoms. The van der Waals surface area contributed by atoms with Crippen LogP contribution in [0, 0.1) is 22.7 Å². The molecular formula is C36H55N5O8S. The van der Waals surface area contributed by atoms with Gasteiger partial charge in [0.25, 0.3) is 5.91 Å². The highest BCUT2D eigenvalue weighted by atomic mass is 32.2. The van der Waals surface area contributed by atoms with Crippen LogP contribution in [0.25, 0.3) is 0 Å². The third kappa shape index (κ3) is 9.55. The number of Topliss-reactive ketones (excluding diaryl/α,β-unsaturated/α-hetero) is 1. The quantitative estimate of drug-likeness (QED) is 0.203. The Labute approximate surface area is 295 Å². The topological polar surface area (TPSA) is 205 Å². The number of rotatable bonds is 12. The zero-order chi connectivity index (χ0) is 37.2. The van der Waals surface area contributed by atoms with Crippen molar-refractivity contribution in [1.29, 1.82) is 0 Å². The summed E-state index contributed by atoms with van der Waals surface area (Å²) in [4.78, 5) is 68.2. The Morgan fingerprint density at radius 1 is 1.04 bits per heavy atom. The normalized spacial score (nSPS) is 23.2. The van der Waals surface area contributed by atoms with E-state index in [1.807, 2.05) is 20.8 Å². The molecule has 2 unspecified atom stereocenters. The first-order chi connectivity index (χ1) is 23.1. The number of sulfone groups is 1. The maximum Gasteiger partial charge on any atom is 0.315 e. The summed E-state index contributed by atoms with van der Waals surface area (Å²) in [7, 11) is -3.91. The van der Waals surface area contributed by atoms with Crippen molar-refractivity contribution in [1.82, 2.24) is 20.9 Å². The van der Waals surface area contributed by atoms with Crippen LogP contribution in [0.15, 0.2) is 29.2 Å². The van der Waals surface area contributed by atoms with Crippen molar-refractivity contribution in [2.75, 3.05) is 12.3 Å². The average Bonchev–Trinajstić information content (AvgIpc) is 3.83. The number of amides is 5. The first-order valence-corrected chi connectivity index (χ1v) is 19.3. The number of carbonyl (C=O) groups excluding carboxylic acids is 5. The molecule has 6 N–H and O–H groups in total. The molecule has 0 aromatic heterocycles. The van der Waals surface area contributed by atoms with Crippen LogP contribution in [0.5, 0.6) is 5.75 Å². The molecule has 1 saturated heterocycles. The minimum atomic E-state index is -3.91. The molecule has 1 aromatic carbocycles. The van der Waals surface area contributed by atoms with Gasteiger partial charge in [0.05, 0.1) is 22.2 Å². The predicted octanol–water partition coefficient (Wildman–Crippen LogP) is 3.19. The third-order valence-electron chi connectivity index (χ3n) is 10.8. The number of nitrogens with zero attached hydrogens (tertiary/aromatic N) is 1. The first kappa shape index (κ1) is 39.1. The Balaban J connectivity index is 1.58. The lowest BCUT2D eigenvalue weighted by atomic mass is 9.71. The molecule has 4 rings (SSSR count). The summed E-state index contributed by atoms with van der Waals surface area (Å²) in [6.45, 7) is 11.6. The fourth-order valence-corrected chi connectivity index (χ4v) is 9.04. The second-order valence-corrected chi connectivity index (χ2v) is 18.6. The van der Waals surface area contributed by atoms with E-state index in [2.05, 4.69) is 16.0 Å². The van der Waals surface area contributed by atoms with Crippen LogP contribution in [0.2, 0.25) is 0 Å². The van der Waals surface area contributed by atoms with E-state index in [-0.39, 0.29) is 46.6 Å². The highest BCUT2D eigenvalue weighted by Crippen LogP contribution is 2.40. The van der Waals surface area contributed by atoms with Gasteiger partial charge in [0.2, 0.25) is 17.6 Å². The number of ketones is 1. The van der Waals surface area contributed by atoms with Crippen molar-refractivity contribution in [2.24, 2.45) is 28.4 Å². The summed E-state index contributed by atoms with van der Waals surface area (Å²) in [6, 6.07) is 1.56. The summed E-state index contributed by atoms with van der Waals surface area (Å²) in [5.41, 5.74) is 3.03. The largest absolute Gasteiger partial charge is 0.508 e. The highest BCUT2D eigenvalue weighted by Gasteiger charge is 2.48. The van der Waals surface area contributed by atoms with Crippen LogP contribution in [0.1, 0.15) is 99.3 Å². The second-order valence-electron chi connectivity index (χ2n) is 16.6. The number of aromatic hydroxyl groups is 1. The van der Waals surface area contributed by atoms with Gasteiger partial charge in [-0.3, -0.25) is 19.2 Å². The molecule has 1 aromatic rings. The SMILES string of the molecule is CC1CN(C(=O)[C@@H](NC(=O)NC2(CS(=O)(=O)c3cccc(O)c3)CCCCC2)C(C)(C)C)[C@H](C(=O)NC(CC2CC2)C(=O)C(N)=O)CC1(C)C. The molecule has 3 aliphatic rings. The van der Waals surface area contributed by atoms with Gasteiger partial charge in [-0.25, -0.2) is 13.2 Å². The van der Waals surface area contributed by atoms with Crippen molar-refractivity contribution in [3.05, 3.63) is 24.3 Å². The minimum Gasteiger partial charge on any atom is -0.508 e. The lowest BCUT2D eigenvalue weighted by molar-refractivity contribution is -0.151. The van der Waals surface area contributed by atoms with E-state index >= 15 is 0 Å². The summed E-state index contributed by atoms with van der Waals surface area (Å²) >= 11 is 0. The molecule has 13 nitrogen and oxygen atoms in total. The standard InChI is InChI=1S/C36H55N5O8S/c1-22-20-41(27(19-35(22,5)6)31(45)38-26(17-23-13-14-23)28(43)30(37)44)32(46)29(34(2,3)4)39-33(47)40-36(15-8-7-9-16-36)21-50(48,49)25-12-10-11-24(42)18-25/h10-12,18,22-23,26-27,29,42H,7-9,13-17,19-21H2,1-6H3,(H2,37,44)(H,38,45)(H2,39,40,47)/t22?,26?,27-,29+/m0/s1. The number of phenolic OH excluding ortho intramolecular Hbond substituents is 1. The van der Waals surface area contributed by atoms with Crippen molar-refractivity contribution in [3.8, 4) is 5.75 Å². The van der Waals surface area contributed by atoms with Gasteiger partial charge < -0.3 is 31.7 Å². The molecule has 5 amide bonds. The average molecular weight is 718 g/mol. The van der Waals surface area contributed by atoms with E-state index in [9.17, 15) is 37.5 Å². The minimum absolute atomic E-state index is 0.0207. The van der Waals surface area contributed by atoms with E-state index in [1.54, 1.807) is 20.8 Å². The number of carbonyl (C=O) groups is 5. The molecule has 278 valence electrons. The smallest absolute Gasteiger partial charge is 0.315 e. The Bertz CT molecular complexity index is 1580. The summed E-state index contributed by atoms with van der Waals surface area (Å²) in [6.07, 6.45) is 5.49. The molecule has 14 heteroatoms. The van der Waals surface area contributed by atoms with Crippen LogP contribution in [0.4, 0.5) is 4.79 Å². The maximum absolute atomic E-state index is 14.5. The van der Waals surface area contributed by atoms with Crippen LogP contribution < -0.4 is 21.7 Å². The van der Waals surface area contributed by atoms with Gasteiger partial charge in [-0.1, -0.05) is 79.7 Å². The van der Waals surface area contributed by atoms with Gasteiger partial charge in [-0.15, -0.1) is 0 Å². The van der Waals surface area contributed by atoms with E-state index < -0.39 is 68.5 Å². The number of hydrogen-bond donors (Lipinski definition) is 5. The number of benzene rings is 1. The van der Waals surface area contributed by atoms with Gasteiger partial charge in [0.15, 0.2) is 9.84 Å². The third-order valence-corrected chi connectivity index (χ3v) is 12.8. The zero-order valence-corrected chi connectivity index (χ0v) is 31.0. The number of nitrogens with two attached hydrogens (primary N) is 1. The molecular weight excluding hydrogens is 662 g/mol. The molecule has 0 spiro atoms. The van der Waals surface area contributed by atoms with Crippen molar-refractivity contribution >= 4 is 39.4 Å². The molecule has 4 atom stereocenters. The fourth-order valence-electron chi connectivity index (χ4n) is 7.20. The number of nitrogens with one attached hydrogen (secondary N) is 3. The zero-order valence-electron chi connectivity index (χ0n) is 30.2. The Hall–Kier alpha value is -3.68. The molecule has 1 aliphatic heterocycles. The van der Waals surface area contributed by atoms with Crippen LogP contribution in [-0.4, -0.2) is 83.9 Å². The first-order valence-electron chi connectivity index (χ1n) is 17.7. The molecule has 0 radical (unpaired) electrons. The maximum atomic E-state index is 14.5. The van der Waals surface area contributed by atoms with Crippen LogP contribution in [0.3, 0.4) is 0 Å². The lowest BCUT2D eigenvalue weighted by Crippen LogP contribution is -2.66. The van der Waals surface area contributed by atoms with E-state index in [1.165, 1.54) is 29.2 Å². The van der Waals surface area contributed by atoms with Gasteiger partial charge in [-0.05, 0) is 66.5 Å². The van der Waals surface area contributed by atoms with Crippen molar-refractivity contribution in [3.63, 3.8) is 0 Å².